The van der Waals surface area contributed by atoms with Gasteiger partial charge in [-0.15, -0.1) is 0 Å². The molecule has 0 spiro atoms. The van der Waals surface area contributed by atoms with Crippen LogP contribution in [0.5, 0.6) is 0 Å². The van der Waals surface area contributed by atoms with Crippen LogP contribution in [0.2, 0.25) is 18.1 Å². The standard InChI is InChI=1S/C24H38BrFN4O4SSi/c1-7-36(8-2,9-3)16-12-17(25)28-19(18(16)26)23(6)15-35(34,27-13-24(14-31)10-11-24)22(4,5)20(30-23)29-21(32)33/h12,31H,7-11,13-15H2,1-6H3,(H,29,30)(H,32,33)/t23-,35+/m0/s1. The molecule has 0 saturated heterocycles. The highest BCUT2D eigenvalue weighted by atomic mass is 79.9. The normalized spacial score (nSPS) is 26.8. The second kappa shape index (κ2) is 10.1. The van der Waals surface area contributed by atoms with Crippen LogP contribution in [0, 0.1) is 11.2 Å². The first-order chi connectivity index (χ1) is 16.7. The second-order valence-corrected chi connectivity index (χ2v) is 19.8. The van der Waals surface area contributed by atoms with Crippen molar-refractivity contribution in [3.8, 4) is 0 Å². The summed E-state index contributed by atoms with van der Waals surface area (Å²) in [7, 11) is -5.34. The number of amides is 1. The Morgan fingerprint density at radius 2 is 1.83 bits per heavy atom. The number of hydrogen-bond acceptors (Lipinski definition) is 6. The number of carbonyl (C=O) groups is 1. The Labute approximate surface area is 222 Å². The van der Waals surface area contributed by atoms with E-state index in [4.69, 9.17) is 0 Å². The molecule has 0 aromatic carbocycles. The van der Waals surface area contributed by atoms with Gasteiger partial charge in [-0.3, -0.25) is 10.3 Å². The minimum absolute atomic E-state index is 0.0287. The summed E-state index contributed by atoms with van der Waals surface area (Å²) >= 11 is 3.46. The van der Waals surface area contributed by atoms with Crippen LogP contribution in [0.1, 0.15) is 60.1 Å². The average molecular weight is 606 g/mol. The summed E-state index contributed by atoms with van der Waals surface area (Å²) in [6, 6.07) is 4.35. The SMILES string of the molecule is CC[Si](CC)(CC)c1cc(Br)nc([C@]2(C)C[S@](=O)(=NCC3(CO)CC3)C(C)(C)C(NC(=O)O)=N2)c1F. The lowest BCUT2D eigenvalue weighted by Crippen LogP contribution is -2.58. The smallest absolute Gasteiger partial charge is 0.410 e. The van der Waals surface area contributed by atoms with Gasteiger partial charge in [0.1, 0.15) is 32.2 Å². The molecule has 1 fully saturated rings. The fourth-order valence-electron chi connectivity index (χ4n) is 5.08. The number of aliphatic hydroxyl groups is 1. The van der Waals surface area contributed by atoms with E-state index >= 15 is 4.39 Å². The Morgan fingerprint density at radius 1 is 1.25 bits per heavy atom. The summed E-state index contributed by atoms with van der Waals surface area (Å²) in [4.78, 5) is 20.8. The molecule has 2 aliphatic rings. The number of amidine groups is 1. The van der Waals surface area contributed by atoms with Gasteiger partial charge < -0.3 is 10.2 Å². The van der Waals surface area contributed by atoms with Gasteiger partial charge in [0.15, 0.2) is 0 Å². The molecule has 3 rings (SSSR count). The van der Waals surface area contributed by atoms with E-state index in [0.29, 0.717) is 9.79 Å². The Hall–Kier alpha value is -1.37. The van der Waals surface area contributed by atoms with Crippen LogP contribution in [0.3, 0.4) is 0 Å². The van der Waals surface area contributed by atoms with Gasteiger partial charge in [0, 0.05) is 5.41 Å². The number of carboxylic acid groups (broad SMARTS) is 1. The van der Waals surface area contributed by atoms with Crippen molar-refractivity contribution in [1.29, 1.82) is 0 Å². The van der Waals surface area contributed by atoms with Crippen LogP contribution >= 0.6 is 15.9 Å². The fourth-order valence-corrected chi connectivity index (χ4v) is 12.0. The fraction of sp³-hybridized carbons (Fsp3) is 0.708. The van der Waals surface area contributed by atoms with E-state index in [1.807, 2.05) is 0 Å². The number of hydrogen-bond donors (Lipinski definition) is 3. The van der Waals surface area contributed by atoms with Crippen molar-refractivity contribution in [2.24, 2.45) is 14.8 Å². The van der Waals surface area contributed by atoms with Crippen molar-refractivity contribution in [2.75, 3.05) is 18.9 Å². The maximum atomic E-state index is 16.4. The summed E-state index contributed by atoms with van der Waals surface area (Å²) < 4.78 is 34.8. The van der Waals surface area contributed by atoms with Crippen LogP contribution in [0.4, 0.5) is 9.18 Å². The van der Waals surface area contributed by atoms with Gasteiger partial charge in [-0.1, -0.05) is 38.9 Å². The van der Waals surface area contributed by atoms with Crippen molar-refractivity contribution in [3.05, 3.63) is 22.2 Å². The first-order valence-corrected chi connectivity index (χ1v) is 17.6. The molecule has 12 heteroatoms. The molecule has 0 radical (unpaired) electrons. The number of pyridine rings is 1. The number of nitrogens with zero attached hydrogens (tertiary/aromatic N) is 3. The lowest BCUT2D eigenvalue weighted by atomic mass is 9.98. The molecule has 2 atom stereocenters. The maximum Gasteiger partial charge on any atom is 0.410 e. The molecule has 1 aliphatic heterocycles. The molecular weight excluding hydrogens is 567 g/mol. The predicted octanol–water partition coefficient (Wildman–Crippen LogP) is 4.61. The summed E-state index contributed by atoms with van der Waals surface area (Å²) in [5.74, 6) is -0.594. The zero-order valence-electron chi connectivity index (χ0n) is 22.0. The number of aliphatic hydroxyl groups excluding tert-OH is 1. The largest absolute Gasteiger partial charge is 0.465 e. The number of aromatic nitrogens is 1. The van der Waals surface area contributed by atoms with Gasteiger partial charge in [0.25, 0.3) is 0 Å². The zero-order valence-corrected chi connectivity index (χ0v) is 25.4. The van der Waals surface area contributed by atoms with E-state index in [0.717, 1.165) is 31.0 Å². The van der Waals surface area contributed by atoms with Crippen LogP contribution in [0.15, 0.2) is 20.0 Å². The summed E-state index contributed by atoms with van der Waals surface area (Å²) in [6.45, 7) is 11.3. The van der Waals surface area contributed by atoms with Gasteiger partial charge in [0.05, 0.1) is 36.7 Å². The third kappa shape index (κ3) is 5.02. The van der Waals surface area contributed by atoms with Gasteiger partial charge in [0.2, 0.25) is 0 Å². The molecule has 3 N–H and O–H groups in total. The van der Waals surface area contributed by atoms with E-state index < -0.39 is 40.0 Å². The number of aliphatic imine (C=N–C) groups is 1. The van der Waals surface area contributed by atoms with Gasteiger partial charge >= 0.3 is 6.09 Å². The Bertz CT molecular complexity index is 1180. The van der Waals surface area contributed by atoms with Crippen LogP contribution < -0.4 is 10.5 Å². The molecule has 2 heterocycles. The van der Waals surface area contributed by atoms with Crippen molar-refractivity contribution >= 4 is 50.8 Å². The number of halogens is 2. The highest BCUT2D eigenvalue weighted by Crippen LogP contribution is 2.47. The third-order valence-corrected chi connectivity index (χ3v) is 17.6. The lowest BCUT2D eigenvalue weighted by Gasteiger charge is -2.41. The van der Waals surface area contributed by atoms with Crippen molar-refractivity contribution in [2.45, 2.75) is 82.8 Å². The first-order valence-electron chi connectivity index (χ1n) is 12.5. The molecule has 8 nitrogen and oxygen atoms in total. The minimum Gasteiger partial charge on any atom is -0.465 e. The van der Waals surface area contributed by atoms with Gasteiger partial charge in [-0.2, -0.15) is 0 Å². The highest BCUT2D eigenvalue weighted by Gasteiger charge is 2.52. The molecule has 36 heavy (non-hydrogen) atoms. The molecular formula is C24H38BrFN4O4SSi. The van der Waals surface area contributed by atoms with Crippen molar-refractivity contribution in [1.82, 2.24) is 10.3 Å². The summed E-state index contributed by atoms with van der Waals surface area (Å²) in [5, 5.41) is 22.3. The van der Waals surface area contributed by atoms with Crippen molar-refractivity contribution < 1.29 is 23.6 Å². The quantitative estimate of drug-likeness (QED) is 0.295. The highest BCUT2D eigenvalue weighted by molar-refractivity contribution is 9.10. The first kappa shape index (κ1) is 29.2. The third-order valence-electron chi connectivity index (χ3n) is 8.37. The Kier molecular flexibility index (Phi) is 8.16. The summed E-state index contributed by atoms with van der Waals surface area (Å²) in [5.41, 5.74) is -1.75. The molecule has 0 unspecified atom stereocenters. The Balaban J connectivity index is 2.28. The van der Waals surface area contributed by atoms with Crippen molar-refractivity contribution in [3.63, 3.8) is 0 Å². The van der Waals surface area contributed by atoms with Gasteiger partial charge in [-0.05, 0) is 60.8 Å². The van der Waals surface area contributed by atoms with E-state index in [1.165, 1.54) is 0 Å². The Morgan fingerprint density at radius 3 is 2.31 bits per heavy atom. The topological polar surface area (TPSA) is 124 Å². The van der Waals surface area contributed by atoms with E-state index in [2.05, 4.69) is 56.4 Å². The second-order valence-electron chi connectivity index (χ2n) is 10.9. The van der Waals surface area contributed by atoms with Crippen LogP contribution in [-0.4, -0.2) is 63.1 Å². The van der Waals surface area contributed by atoms with Crippen LogP contribution in [0.25, 0.3) is 0 Å². The average Bonchev–Trinajstić information content (AvgIpc) is 3.60. The van der Waals surface area contributed by atoms with Gasteiger partial charge in [-0.25, -0.2) is 22.7 Å². The number of nitrogens with one attached hydrogen (secondary N) is 1. The maximum absolute atomic E-state index is 16.4. The van der Waals surface area contributed by atoms with E-state index in [-0.39, 0.29) is 35.8 Å². The zero-order chi connectivity index (χ0) is 27.2. The molecule has 1 aromatic rings. The summed E-state index contributed by atoms with van der Waals surface area (Å²) in [6.07, 6.45) is 0.231. The minimum atomic E-state index is -3.17. The van der Waals surface area contributed by atoms with E-state index in [9.17, 15) is 19.2 Å². The predicted molar refractivity (Wildman–Crippen MR) is 148 cm³/mol. The molecule has 1 amide bonds. The lowest BCUT2D eigenvalue weighted by molar-refractivity contribution is 0.199. The van der Waals surface area contributed by atoms with Crippen LogP contribution in [-0.2, 0) is 15.3 Å². The van der Waals surface area contributed by atoms with E-state index in [1.54, 1.807) is 26.8 Å². The molecule has 0 bridgehead atoms. The molecule has 1 aromatic heterocycles. The molecule has 1 aliphatic carbocycles. The molecule has 1 saturated carbocycles. The number of rotatable bonds is 8. The monoisotopic (exact) mass is 604 g/mol. The molecule has 202 valence electrons.